The van der Waals surface area contributed by atoms with Gasteiger partial charge in [-0.1, -0.05) is 11.8 Å². The van der Waals surface area contributed by atoms with Gasteiger partial charge in [-0.25, -0.2) is 0 Å². The summed E-state index contributed by atoms with van der Waals surface area (Å²) in [5.41, 5.74) is -1.15. The molecule has 0 aliphatic carbocycles. The van der Waals surface area contributed by atoms with Crippen LogP contribution in [0.15, 0.2) is 12.1 Å². The molecule has 0 fully saturated rings. The Kier molecular flexibility index (Phi) is 2.14. The van der Waals surface area contributed by atoms with Gasteiger partial charge in [0, 0.05) is 11.6 Å². The van der Waals surface area contributed by atoms with Gasteiger partial charge < -0.3 is 10.2 Å². The Balaban J connectivity index is 3.38. The van der Waals surface area contributed by atoms with Gasteiger partial charge in [0.2, 0.25) is 0 Å². The third-order valence-corrected chi connectivity index (χ3v) is 1.42. The summed E-state index contributed by atoms with van der Waals surface area (Å²) < 4.78 is 0. The number of benzene rings is 1. The van der Waals surface area contributed by atoms with Gasteiger partial charge in [0.1, 0.15) is 6.29 Å². The summed E-state index contributed by atoms with van der Waals surface area (Å²) in [7, 11) is 0. The quantitative estimate of drug-likeness (QED) is 0.349. The van der Waals surface area contributed by atoms with Crippen LogP contribution in [0.5, 0.6) is 11.5 Å². The average Bonchev–Trinajstić information content (AvgIpc) is 2.03. The number of aldehydes is 1. The molecule has 0 N–H and O–H groups in total. The fourth-order valence-electron chi connectivity index (χ4n) is 0.801. The lowest BCUT2D eigenvalue weighted by molar-refractivity contribution is -0.398. The molecule has 0 bridgehead atoms. The highest BCUT2D eigenvalue weighted by atomic mass is 16.6. The van der Waals surface area contributed by atoms with Crippen molar-refractivity contribution >= 4 is 12.0 Å². The van der Waals surface area contributed by atoms with Crippen molar-refractivity contribution in [3.8, 4) is 11.5 Å². The number of nitro benzene ring substituents is 1. The van der Waals surface area contributed by atoms with Crippen LogP contribution >= 0.6 is 0 Å². The monoisotopic (exact) mass is 181 g/mol. The number of carbonyl (C=O) groups is 1. The minimum atomic E-state index is -0.986. The van der Waals surface area contributed by atoms with Gasteiger partial charge in [-0.3, -0.25) is 14.9 Å². The van der Waals surface area contributed by atoms with Crippen LogP contribution in [0.25, 0.3) is 0 Å². The molecule has 0 amide bonds. The van der Waals surface area contributed by atoms with Crippen molar-refractivity contribution in [3.05, 3.63) is 27.8 Å². The Bertz CT molecular complexity index is 373. The smallest absolute Gasteiger partial charge is 0.262 e. The first kappa shape index (κ1) is 8.98. The van der Waals surface area contributed by atoms with Crippen molar-refractivity contribution < 1.29 is 19.9 Å². The van der Waals surface area contributed by atoms with Crippen molar-refractivity contribution in [1.29, 1.82) is 0 Å². The number of nitrogens with zero attached hydrogens (tertiary/aromatic N) is 1. The molecule has 0 radical (unpaired) electrons. The van der Waals surface area contributed by atoms with E-state index in [0.29, 0.717) is 12.1 Å². The number of rotatable bonds is 2. The second-order valence-corrected chi connectivity index (χ2v) is 2.23. The molecule has 1 aromatic carbocycles. The van der Waals surface area contributed by atoms with Crippen LogP contribution in [0, 0.1) is 10.1 Å². The van der Waals surface area contributed by atoms with Gasteiger partial charge >= 0.3 is 0 Å². The van der Waals surface area contributed by atoms with Crippen LogP contribution in [0.2, 0.25) is 0 Å². The zero-order valence-corrected chi connectivity index (χ0v) is 6.22. The first-order valence-corrected chi connectivity index (χ1v) is 3.18. The Morgan fingerprint density at radius 2 is 1.85 bits per heavy atom. The molecule has 0 heterocycles. The lowest BCUT2D eigenvalue weighted by atomic mass is 10.2. The van der Waals surface area contributed by atoms with Crippen molar-refractivity contribution in [1.82, 2.24) is 0 Å². The number of nitro groups is 1. The highest BCUT2D eigenvalue weighted by Crippen LogP contribution is 2.28. The summed E-state index contributed by atoms with van der Waals surface area (Å²) in [6.07, 6.45) is 0.175. The first-order chi connectivity index (χ1) is 6.06. The Labute approximate surface area is 72.2 Å². The molecule has 6 heteroatoms. The highest BCUT2D eigenvalue weighted by Gasteiger charge is 2.08. The summed E-state index contributed by atoms with van der Waals surface area (Å²) in [5, 5.41) is 31.8. The predicted molar refractivity (Wildman–Crippen MR) is 37.4 cm³/mol. The second kappa shape index (κ2) is 3.10. The minimum absolute atomic E-state index is 0.175. The molecule has 13 heavy (non-hydrogen) atoms. The molecule has 1 aromatic rings. The van der Waals surface area contributed by atoms with E-state index in [-0.39, 0.29) is 11.8 Å². The second-order valence-electron chi connectivity index (χ2n) is 2.23. The molecular formula is C7H3NO5-2. The van der Waals surface area contributed by atoms with E-state index in [2.05, 4.69) is 0 Å². The maximum absolute atomic E-state index is 10.8. The SMILES string of the molecule is O=Cc1cc([N+](=O)[O-])c([O-])cc1[O-]. The third-order valence-electron chi connectivity index (χ3n) is 1.42. The van der Waals surface area contributed by atoms with Gasteiger partial charge in [-0.2, -0.15) is 0 Å². The molecule has 0 atom stereocenters. The van der Waals surface area contributed by atoms with Crippen molar-refractivity contribution in [2.24, 2.45) is 0 Å². The standard InChI is InChI=1S/C7H5NO5/c9-3-4-1-5(8(12)13)7(11)2-6(4)10/h1-3,10-11H/p-2. The zero-order valence-electron chi connectivity index (χ0n) is 6.22. The average molecular weight is 181 g/mol. The Morgan fingerprint density at radius 1 is 1.23 bits per heavy atom. The minimum Gasteiger partial charge on any atom is -0.872 e. The van der Waals surface area contributed by atoms with Crippen molar-refractivity contribution in [2.45, 2.75) is 0 Å². The van der Waals surface area contributed by atoms with Crippen LogP contribution in [0.4, 0.5) is 5.69 Å². The van der Waals surface area contributed by atoms with Crippen LogP contribution < -0.4 is 10.2 Å². The number of carbonyl (C=O) groups excluding carboxylic acids is 1. The van der Waals surface area contributed by atoms with Crippen LogP contribution in [-0.2, 0) is 0 Å². The topological polar surface area (TPSA) is 106 Å². The third kappa shape index (κ3) is 1.56. The Morgan fingerprint density at radius 3 is 2.31 bits per heavy atom. The molecule has 6 nitrogen and oxygen atoms in total. The predicted octanol–water partition coefficient (Wildman–Crippen LogP) is -0.446. The van der Waals surface area contributed by atoms with Gasteiger partial charge in [-0.15, -0.1) is 0 Å². The molecule has 1 rings (SSSR count). The van der Waals surface area contributed by atoms with Gasteiger partial charge in [-0.05, 0) is 5.75 Å². The van der Waals surface area contributed by atoms with E-state index in [1.807, 2.05) is 0 Å². The molecule has 0 aliphatic rings. The summed E-state index contributed by atoms with van der Waals surface area (Å²) in [6, 6.07) is 1.21. The van der Waals surface area contributed by atoms with E-state index in [1.54, 1.807) is 0 Å². The molecule has 0 unspecified atom stereocenters. The molecule has 0 spiro atoms. The Hall–Kier alpha value is -2.11. The van der Waals surface area contributed by atoms with E-state index < -0.39 is 22.1 Å². The van der Waals surface area contributed by atoms with E-state index >= 15 is 0 Å². The first-order valence-electron chi connectivity index (χ1n) is 3.18. The van der Waals surface area contributed by atoms with Crippen LogP contribution in [0.3, 0.4) is 0 Å². The lowest BCUT2D eigenvalue weighted by Gasteiger charge is -2.13. The molecule has 0 aromatic heterocycles. The van der Waals surface area contributed by atoms with Crippen LogP contribution in [-0.4, -0.2) is 11.2 Å². The molecule has 0 saturated carbocycles. The van der Waals surface area contributed by atoms with Gasteiger partial charge in [0.15, 0.2) is 0 Å². The van der Waals surface area contributed by atoms with E-state index in [1.165, 1.54) is 0 Å². The summed E-state index contributed by atoms with van der Waals surface area (Å²) >= 11 is 0. The van der Waals surface area contributed by atoms with Gasteiger partial charge in [0.05, 0.1) is 4.92 Å². The normalized spacial score (nSPS) is 9.54. The fourth-order valence-corrected chi connectivity index (χ4v) is 0.801. The summed E-state index contributed by atoms with van der Waals surface area (Å²) in [4.78, 5) is 19.4. The summed E-state index contributed by atoms with van der Waals surface area (Å²) in [6.45, 7) is 0. The molecule has 0 saturated heterocycles. The van der Waals surface area contributed by atoms with E-state index in [0.717, 1.165) is 0 Å². The fraction of sp³-hybridized carbons (Fsp3) is 0. The van der Waals surface area contributed by atoms with Crippen LogP contribution in [0.1, 0.15) is 10.4 Å². The zero-order chi connectivity index (χ0) is 10.0. The molecular weight excluding hydrogens is 178 g/mol. The van der Waals surface area contributed by atoms with Gasteiger partial charge in [0.25, 0.3) is 5.69 Å². The lowest BCUT2D eigenvalue weighted by Crippen LogP contribution is -2.03. The van der Waals surface area contributed by atoms with E-state index in [9.17, 15) is 25.1 Å². The van der Waals surface area contributed by atoms with Crippen molar-refractivity contribution in [2.75, 3.05) is 0 Å². The van der Waals surface area contributed by atoms with E-state index in [4.69, 9.17) is 0 Å². The maximum atomic E-state index is 10.8. The highest BCUT2D eigenvalue weighted by molar-refractivity contribution is 5.81. The molecule has 68 valence electrons. The number of hydrogen-bond donors (Lipinski definition) is 0. The maximum Gasteiger partial charge on any atom is 0.262 e. The largest absolute Gasteiger partial charge is 0.872 e. The number of hydrogen-bond acceptors (Lipinski definition) is 5. The summed E-state index contributed by atoms with van der Waals surface area (Å²) in [5.74, 6) is -1.79. The molecule has 0 aliphatic heterocycles. The van der Waals surface area contributed by atoms with Crippen molar-refractivity contribution in [3.63, 3.8) is 0 Å².